The molecule has 1 atom stereocenters. The van der Waals surface area contributed by atoms with Crippen LogP contribution in [-0.4, -0.2) is 59.8 Å². The van der Waals surface area contributed by atoms with Crippen LogP contribution in [-0.2, 0) is 9.53 Å². The molecule has 2 heterocycles. The van der Waals surface area contributed by atoms with Crippen LogP contribution in [0.1, 0.15) is 42.5 Å². The standard InChI is InChI=1S/C19H25N2O3/c1-20-13-11-16(21-12-7-3-6-10-17(20)21)14-24-19(23)18(22)15-8-4-2-5-9-15/h2,4-5,8-9,16H,3,6-7,10-14H2,1H3/q+1. The predicted octanol–water partition coefficient (Wildman–Crippen LogP) is 2.10. The molecule has 5 nitrogen and oxygen atoms in total. The number of rotatable bonds is 4. The zero-order chi connectivity index (χ0) is 16.9. The van der Waals surface area contributed by atoms with Gasteiger partial charge in [-0.2, -0.15) is 0 Å². The minimum atomic E-state index is -0.753. The van der Waals surface area contributed by atoms with E-state index in [9.17, 15) is 9.59 Å². The van der Waals surface area contributed by atoms with E-state index in [0.717, 1.165) is 25.9 Å². The first kappa shape index (κ1) is 16.7. The van der Waals surface area contributed by atoms with E-state index >= 15 is 0 Å². The fourth-order valence-corrected chi connectivity index (χ4v) is 3.56. The summed E-state index contributed by atoms with van der Waals surface area (Å²) in [4.78, 5) is 26.6. The van der Waals surface area contributed by atoms with Crippen molar-refractivity contribution in [1.82, 2.24) is 4.90 Å². The molecule has 0 N–H and O–H groups in total. The van der Waals surface area contributed by atoms with E-state index < -0.39 is 11.8 Å². The molecule has 0 saturated carbocycles. The van der Waals surface area contributed by atoms with Crippen molar-refractivity contribution in [1.29, 1.82) is 0 Å². The molecule has 0 aliphatic carbocycles. The number of nitrogens with zero attached hydrogens (tertiary/aromatic N) is 2. The number of Topliss-reactive ketones (excluding diaryl/α,β-unsaturated/α-hetero) is 1. The quantitative estimate of drug-likeness (QED) is 0.367. The average molecular weight is 329 g/mol. The smallest absolute Gasteiger partial charge is 0.379 e. The number of carbonyl (C=O) groups is 2. The van der Waals surface area contributed by atoms with Gasteiger partial charge < -0.3 is 4.74 Å². The van der Waals surface area contributed by atoms with Gasteiger partial charge >= 0.3 is 5.97 Å². The monoisotopic (exact) mass is 329 g/mol. The third-order valence-electron chi connectivity index (χ3n) is 4.94. The summed E-state index contributed by atoms with van der Waals surface area (Å²) in [5, 5.41) is 0. The van der Waals surface area contributed by atoms with Gasteiger partial charge in [-0.15, -0.1) is 0 Å². The Morgan fingerprint density at radius 2 is 2.00 bits per heavy atom. The highest BCUT2D eigenvalue weighted by molar-refractivity contribution is 6.40. The van der Waals surface area contributed by atoms with Crippen LogP contribution in [0.5, 0.6) is 0 Å². The Kier molecular flexibility index (Phi) is 5.28. The molecule has 1 aromatic carbocycles. The van der Waals surface area contributed by atoms with E-state index in [1.165, 1.54) is 25.1 Å². The maximum atomic E-state index is 12.1. The molecule has 1 saturated heterocycles. The largest absolute Gasteiger partial charge is 0.455 e. The molecule has 1 unspecified atom stereocenters. The third-order valence-corrected chi connectivity index (χ3v) is 4.94. The summed E-state index contributed by atoms with van der Waals surface area (Å²) < 4.78 is 7.68. The lowest BCUT2D eigenvalue weighted by Crippen LogP contribution is -2.51. The molecule has 5 heteroatoms. The van der Waals surface area contributed by atoms with Crippen LogP contribution in [0.3, 0.4) is 0 Å². The molecular formula is C19H25N2O3+. The maximum Gasteiger partial charge on any atom is 0.379 e. The van der Waals surface area contributed by atoms with Crippen molar-refractivity contribution in [2.75, 3.05) is 26.7 Å². The van der Waals surface area contributed by atoms with Gasteiger partial charge in [0.1, 0.15) is 12.6 Å². The minimum Gasteiger partial charge on any atom is -0.455 e. The Hall–Kier alpha value is -2.17. The summed E-state index contributed by atoms with van der Waals surface area (Å²) in [6, 6.07) is 8.77. The molecule has 1 fully saturated rings. The Morgan fingerprint density at radius 3 is 2.79 bits per heavy atom. The van der Waals surface area contributed by atoms with Gasteiger partial charge in [0.2, 0.25) is 5.84 Å². The average Bonchev–Trinajstić information content (AvgIpc) is 2.88. The molecule has 3 rings (SSSR count). The number of ketones is 1. The van der Waals surface area contributed by atoms with Crippen LogP contribution in [0.25, 0.3) is 0 Å². The highest BCUT2D eigenvalue weighted by Gasteiger charge is 2.36. The second-order valence-corrected chi connectivity index (χ2v) is 6.58. The molecule has 2 aliphatic rings. The van der Waals surface area contributed by atoms with Crippen LogP contribution in [0.15, 0.2) is 30.3 Å². The highest BCUT2D eigenvalue weighted by atomic mass is 16.5. The summed E-state index contributed by atoms with van der Waals surface area (Å²) in [7, 11) is 2.13. The lowest BCUT2D eigenvalue weighted by Gasteiger charge is -2.31. The predicted molar refractivity (Wildman–Crippen MR) is 91.4 cm³/mol. The molecule has 0 bridgehead atoms. The van der Waals surface area contributed by atoms with E-state index in [-0.39, 0.29) is 12.6 Å². The number of fused-ring (bicyclic) bond motifs is 1. The third kappa shape index (κ3) is 3.66. The van der Waals surface area contributed by atoms with Gasteiger partial charge in [0, 0.05) is 18.4 Å². The van der Waals surface area contributed by atoms with Gasteiger partial charge in [-0.05, 0) is 19.3 Å². The summed E-state index contributed by atoms with van der Waals surface area (Å²) in [5.41, 5.74) is 0.382. The van der Waals surface area contributed by atoms with Gasteiger partial charge in [0.15, 0.2) is 0 Å². The molecule has 1 aromatic rings. The Bertz CT molecular complexity index is 639. The lowest BCUT2D eigenvalue weighted by molar-refractivity contribution is -0.512. The molecule has 2 aliphatic heterocycles. The van der Waals surface area contributed by atoms with Crippen molar-refractivity contribution in [3.8, 4) is 0 Å². The fraction of sp³-hybridized carbons (Fsp3) is 0.526. The van der Waals surface area contributed by atoms with Gasteiger partial charge in [0.25, 0.3) is 5.78 Å². The second kappa shape index (κ2) is 7.60. The molecule has 0 aromatic heterocycles. The number of hydrogen-bond donors (Lipinski definition) is 0. The van der Waals surface area contributed by atoms with Crippen LogP contribution < -0.4 is 0 Å². The Balaban J connectivity index is 1.62. The molecule has 0 radical (unpaired) electrons. The molecule has 128 valence electrons. The number of benzene rings is 1. The topological polar surface area (TPSA) is 49.6 Å². The zero-order valence-electron chi connectivity index (χ0n) is 14.2. The van der Waals surface area contributed by atoms with Crippen LogP contribution >= 0.6 is 0 Å². The van der Waals surface area contributed by atoms with Gasteiger partial charge in [-0.1, -0.05) is 30.3 Å². The van der Waals surface area contributed by atoms with E-state index in [1.54, 1.807) is 24.3 Å². The number of ether oxygens (including phenoxy) is 1. The van der Waals surface area contributed by atoms with Gasteiger partial charge in [-0.25, -0.2) is 4.79 Å². The summed E-state index contributed by atoms with van der Waals surface area (Å²) in [6.45, 7) is 2.27. The molecular weight excluding hydrogens is 304 g/mol. The van der Waals surface area contributed by atoms with Crippen LogP contribution in [0.4, 0.5) is 0 Å². The maximum absolute atomic E-state index is 12.1. The number of carbonyl (C=O) groups excluding carboxylic acids is 2. The van der Waals surface area contributed by atoms with Crippen LogP contribution in [0.2, 0.25) is 0 Å². The summed E-state index contributed by atoms with van der Waals surface area (Å²) in [5.74, 6) is 0.0364. The summed E-state index contributed by atoms with van der Waals surface area (Å²) >= 11 is 0. The Labute approximate surface area is 142 Å². The van der Waals surface area contributed by atoms with Crippen molar-refractivity contribution in [2.24, 2.45) is 0 Å². The van der Waals surface area contributed by atoms with Crippen molar-refractivity contribution >= 4 is 17.6 Å². The second-order valence-electron chi connectivity index (χ2n) is 6.58. The SMILES string of the molecule is C[N+]1=C2CCCCCN2C(COC(=O)C(=O)c2ccccc2)CC1. The van der Waals surface area contributed by atoms with Gasteiger partial charge in [0.05, 0.1) is 20.1 Å². The first-order valence-corrected chi connectivity index (χ1v) is 8.77. The van der Waals surface area contributed by atoms with Gasteiger partial charge in [-0.3, -0.25) is 14.3 Å². The first-order valence-electron chi connectivity index (χ1n) is 8.77. The van der Waals surface area contributed by atoms with Crippen molar-refractivity contribution in [3.63, 3.8) is 0 Å². The number of esters is 1. The summed E-state index contributed by atoms with van der Waals surface area (Å²) in [6.07, 6.45) is 5.67. The highest BCUT2D eigenvalue weighted by Crippen LogP contribution is 2.20. The number of amidine groups is 1. The first-order chi connectivity index (χ1) is 11.7. The van der Waals surface area contributed by atoms with Crippen molar-refractivity contribution < 1.29 is 18.9 Å². The molecule has 0 amide bonds. The lowest BCUT2D eigenvalue weighted by atomic mass is 10.1. The molecule has 24 heavy (non-hydrogen) atoms. The normalized spacial score (nSPS) is 21.0. The molecule has 0 spiro atoms. The minimum absolute atomic E-state index is 0.182. The van der Waals surface area contributed by atoms with Crippen molar-refractivity contribution in [3.05, 3.63) is 35.9 Å². The van der Waals surface area contributed by atoms with Crippen molar-refractivity contribution in [2.45, 2.75) is 38.1 Å². The Morgan fingerprint density at radius 1 is 1.21 bits per heavy atom. The van der Waals surface area contributed by atoms with E-state index in [2.05, 4.69) is 16.5 Å². The number of hydrogen-bond acceptors (Lipinski definition) is 4. The van der Waals surface area contributed by atoms with E-state index in [1.807, 2.05) is 6.07 Å². The fourth-order valence-electron chi connectivity index (χ4n) is 3.56. The van der Waals surface area contributed by atoms with Crippen LogP contribution in [0, 0.1) is 0 Å². The van der Waals surface area contributed by atoms with E-state index in [4.69, 9.17) is 4.74 Å². The van der Waals surface area contributed by atoms with E-state index in [0.29, 0.717) is 5.56 Å². The zero-order valence-corrected chi connectivity index (χ0v) is 14.2.